The van der Waals surface area contributed by atoms with E-state index < -0.39 is 0 Å². The van der Waals surface area contributed by atoms with Gasteiger partial charge in [-0.25, -0.2) is 0 Å². The zero-order valence-corrected chi connectivity index (χ0v) is 5.00. The third-order valence-corrected chi connectivity index (χ3v) is 1.51. The van der Waals surface area contributed by atoms with Gasteiger partial charge in [0.05, 0.1) is 0 Å². The summed E-state index contributed by atoms with van der Waals surface area (Å²) in [4.78, 5) is 5.14. The van der Waals surface area contributed by atoms with Gasteiger partial charge in [0, 0.05) is 6.42 Å². The van der Waals surface area contributed by atoms with Gasteiger partial charge in [-0.3, -0.25) is 0 Å². The Morgan fingerprint density at radius 2 is 2.38 bits per heavy atom. The zero-order chi connectivity index (χ0) is 4.69. The molecule has 0 saturated carbocycles. The standard InChI is InChI=1S/C5H7NO.CH3/c1-2-5-3-4(1)6-7-5;/h1-2,4-6H,3H2;1H3/q;-1/p+1/t4-,5?;/m0./s1. The smallest absolute Gasteiger partial charge is 0.141 e. The zero-order valence-electron chi connectivity index (χ0n) is 5.00. The van der Waals surface area contributed by atoms with E-state index in [0.717, 1.165) is 0 Å². The molecule has 0 spiro atoms. The van der Waals surface area contributed by atoms with Crippen molar-refractivity contribution in [1.82, 2.24) is 0 Å². The molecule has 0 amide bonds. The molecule has 8 heavy (non-hydrogen) atoms. The SMILES string of the molecule is C1=C[C@H]2CC1O[NH2+]2.[CH3-]. The summed E-state index contributed by atoms with van der Waals surface area (Å²) in [5.74, 6) is 0. The monoisotopic (exact) mass is 113 g/mol. The highest BCUT2D eigenvalue weighted by molar-refractivity contribution is 5.04. The van der Waals surface area contributed by atoms with Crippen LogP contribution in [0.25, 0.3) is 0 Å². The van der Waals surface area contributed by atoms with E-state index in [9.17, 15) is 0 Å². The summed E-state index contributed by atoms with van der Waals surface area (Å²) in [5, 5.41) is 0. The molecule has 1 unspecified atom stereocenters. The van der Waals surface area contributed by atoms with Crippen molar-refractivity contribution in [2.24, 2.45) is 0 Å². The van der Waals surface area contributed by atoms with Crippen molar-refractivity contribution in [2.45, 2.75) is 18.6 Å². The van der Waals surface area contributed by atoms with E-state index in [4.69, 9.17) is 4.84 Å². The molecule has 1 heterocycles. The molecule has 46 valence electrons. The molecule has 2 heteroatoms. The lowest BCUT2D eigenvalue weighted by Crippen LogP contribution is -2.85. The molecule has 2 bridgehead atoms. The van der Waals surface area contributed by atoms with Crippen LogP contribution in [0.2, 0.25) is 0 Å². The molecule has 1 aliphatic carbocycles. The fraction of sp³-hybridized carbons (Fsp3) is 0.500. The molecule has 0 aromatic rings. The van der Waals surface area contributed by atoms with Gasteiger partial charge in [0.2, 0.25) is 0 Å². The molecule has 2 nitrogen and oxygen atoms in total. The van der Waals surface area contributed by atoms with E-state index in [2.05, 4.69) is 12.2 Å². The minimum atomic E-state index is 0. The van der Waals surface area contributed by atoms with Crippen molar-refractivity contribution >= 4 is 0 Å². The Kier molecular flexibility index (Phi) is 1.36. The second-order valence-electron chi connectivity index (χ2n) is 2.10. The van der Waals surface area contributed by atoms with E-state index in [1.165, 1.54) is 6.42 Å². The Labute approximate surface area is 49.5 Å². The first-order valence-corrected chi connectivity index (χ1v) is 2.62. The summed E-state index contributed by atoms with van der Waals surface area (Å²) in [5.41, 5.74) is 1.92. The van der Waals surface area contributed by atoms with Crippen molar-refractivity contribution in [3.8, 4) is 0 Å². The molecule has 2 atom stereocenters. The van der Waals surface area contributed by atoms with Crippen LogP contribution in [0.15, 0.2) is 12.2 Å². The normalized spacial score (nSPS) is 40.0. The molecule has 1 fully saturated rings. The molecule has 2 rings (SSSR count). The van der Waals surface area contributed by atoms with Crippen LogP contribution in [-0.4, -0.2) is 12.1 Å². The third kappa shape index (κ3) is 0.659. The molecule has 1 saturated heterocycles. The van der Waals surface area contributed by atoms with Crippen LogP contribution in [0.5, 0.6) is 0 Å². The van der Waals surface area contributed by atoms with Gasteiger partial charge >= 0.3 is 0 Å². The van der Waals surface area contributed by atoms with Crippen molar-refractivity contribution in [1.29, 1.82) is 0 Å². The van der Waals surface area contributed by atoms with Gasteiger partial charge in [-0.1, -0.05) is 0 Å². The van der Waals surface area contributed by atoms with Crippen LogP contribution in [0, 0.1) is 7.43 Å². The summed E-state index contributed by atoms with van der Waals surface area (Å²) in [6, 6.07) is 0.644. The molecule has 0 aromatic carbocycles. The van der Waals surface area contributed by atoms with Gasteiger partial charge in [-0.15, -0.1) is 0 Å². The first kappa shape index (κ1) is 5.79. The molecular formula is C6H11NO. The van der Waals surface area contributed by atoms with E-state index in [-0.39, 0.29) is 7.43 Å². The topological polar surface area (TPSA) is 25.8 Å². The fourth-order valence-corrected chi connectivity index (χ4v) is 1.10. The number of nitrogens with two attached hydrogens (primary N) is 1. The summed E-state index contributed by atoms with van der Waals surface area (Å²) in [6.45, 7) is 0. The third-order valence-electron chi connectivity index (χ3n) is 1.51. The highest BCUT2D eigenvalue weighted by Crippen LogP contribution is 2.13. The predicted octanol–water partition coefficient (Wildman–Crippen LogP) is -0.358. The van der Waals surface area contributed by atoms with Crippen LogP contribution in [0.1, 0.15) is 6.42 Å². The Balaban J connectivity index is 0.000000320. The van der Waals surface area contributed by atoms with Crippen LogP contribution < -0.4 is 5.48 Å². The summed E-state index contributed by atoms with van der Waals surface area (Å²) in [6.07, 6.45) is 5.96. The maximum absolute atomic E-state index is 5.14. The number of rotatable bonds is 0. The van der Waals surface area contributed by atoms with Crippen molar-refractivity contribution in [2.75, 3.05) is 0 Å². The predicted molar refractivity (Wildman–Crippen MR) is 30.8 cm³/mol. The van der Waals surface area contributed by atoms with Crippen molar-refractivity contribution < 1.29 is 10.3 Å². The molecule has 0 radical (unpaired) electrons. The highest BCUT2D eigenvalue weighted by atomic mass is 16.7. The van der Waals surface area contributed by atoms with Gasteiger partial charge < -0.3 is 7.43 Å². The number of hydrogen-bond acceptors (Lipinski definition) is 1. The maximum atomic E-state index is 5.14. The van der Waals surface area contributed by atoms with Gasteiger partial charge in [-0.2, -0.15) is 10.3 Å². The van der Waals surface area contributed by atoms with E-state index in [1.807, 2.05) is 5.48 Å². The van der Waals surface area contributed by atoms with Crippen LogP contribution >= 0.6 is 0 Å². The number of hydroxylamine groups is 1. The van der Waals surface area contributed by atoms with Crippen LogP contribution in [0.3, 0.4) is 0 Å². The quantitative estimate of drug-likeness (QED) is 0.337. The van der Waals surface area contributed by atoms with Crippen molar-refractivity contribution in [3.05, 3.63) is 19.6 Å². The first-order chi connectivity index (χ1) is 3.45. The highest BCUT2D eigenvalue weighted by Gasteiger charge is 2.31. The average Bonchev–Trinajstić information content (AvgIpc) is 2.22. The Morgan fingerprint density at radius 1 is 1.50 bits per heavy atom. The van der Waals surface area contributed by atoms with E-state index in [0.29, 0.717) is 12.1 Å². The lowest BCUT2D eigenvalue weighted by molar-refractivity contribution is -0.896. The summed E-state index contributed by atoms with van der Waals surface area (Å²) >= 11 is 0. The number of fused-ring (bicyclic) bond motifs is 2. The Bertz CT molecular complexity index is 99.1. The first-order valence-electron chi connectivity index (χ1n) is 2.62. The van der Waals surface area contributed by atoms with Gasteiger partial charge in [0.15, 0.2) is 0 Å². The molecule has 1 aliphatic heterocycles. The summed E-state index contributed by atoms with van der Waals surface area (Å²) in [7, 11) is 0. The number of quaternary nitrogens is 1. The Hall–Kier alpha value is -0.340. The van der Waals surface area contributed by atoms with E-state index >= 15 is 0 Å². The minimum absolute atomic E-state index is 0. The molecule has 0 aromatic heterocycles. The second-order valence-corrected chi connectivity index (χ2v) is 2.10. The largest absolute Gasteiger partial charge is 0.358 e. The number of hydrogen-bond donors (Lipinski definition) is 1. The Morgan fingerprint density at radius 3 is 2.50 bits per heavy atom. The van der Waals surface area contributed by atoms with Crippen LogP contribution in [-0.2, 0) is 4.84 Å². The fourth-order valence-electron chi connectivity index (χ4n) is 1.10. The minimum Gasteiger partial charge on any atom is -0.358 e. The van der Waals surface area contributed by atoms with E-state index in [1.54, 1.807) is 0 Å². The van der Waals surface area contributed by atoms with Gasteiger partial charge in [0.1, 0.15) is 12.1 Å². The van der Waals surface area contributed by atoms with Gasteiger partial charge in [0.25, 0.3) is 0 Å². The average molecular weight is 113 g/mol. The lowest BCUT2D eigenvalue weighted by atomic mass is 10.3. The molecule has 2 N–H and O–H groups in total. The maximum Gasteiger partial charge on any atom is 0.141 e. The van der Waals surface area contributed by atoms with Crippen LogP contribution in [0.4, 0.5) is 0 Å². The van der Waals surface area contributed by atoms with Gasteiger partial charge in [-0.05, 0) is 12.2 Å². The second kappa shape index (κ2) is 1.88. The summed E-state index contributed by atoms with van der Waals surface area (Å²) < 4.78 is 0. The molecule has 2 aliphatic rings. The lowest BCUT2D eigenvalue weighted by Gasteiger charge is -1.97. The van der Waals surface area contributed by atoms with Crippen molar-refractivity contribution in [3.63, 3.8) is 0 Å². The molecular weight excluding hydrogens is 102 g/mol.